The first-order valence-electron chi connectivity index (χ1n) is 7.77. The highest BCUT2D eigenvalue weighted by atomic mass is 35.5. The molecule has 1 aromatic carbocycles. The van der Waals surface area contributed by atoms with Crippen molar-refractivity contribution in [1.82, 2.24) is 0 Å². The summed E-state index contributed by atoms with van der Waals surface area (Å²) < 4.78 is 0.444. The fourth-order valence-electron chi connectivity index (χ4n) is 2.33. The average Bonchev–Trinajstić information content (AvgIpc) is 2.46. The number of halogens is 1. The molecule has 0 spiro atoms. The molecule has 20 heavy (non-hydrogen) atoms. The van der Waals surface area contributed by atoms with Gasteiger partial charge in [0.15, 0.2) is 4.45 Å². The number of rotatable bonds is 10. The second kappa shape index (κ2) is 11.1. The van der Waals surface area contributed by atoms with Gasteiger partial charge in [0.1, 0.15) is 0 Å². The van der Waals surface area contributed by atoms with Crippen LogP contribution >= 0.6 is 23.8 Å². The summed E-state index contributed by atoms with van der Waals surface area (Å²) in [5.74, 6) is 0. The molecular formula is C17H26ClNS. The molecule has 0 aliphatic heterocycles. The van der Waals surface area contributed by atoms with Gasteiger partial charge in [-0.1, -0.05) is 81.7 Å². The van der Waals surface area contributed by atoms with Gasteiger partial charge in [0.25, 0.3) is 0 Å². The maximum Gasteiger partial charge on any atom is 0.174 e. The Bertz CT molecular complexity index is 367. The molecule has 0 fully saturated rings. The molecule has 0 saturated heterocycles. The van der Waals surface area contributed by atoms with Gasteiger partial charge in [-0.3, -0.25) is 0 Å². The monoisotopic (exact) mass is 311 g/mol. The first-order valence-corrected chi connectivity index (χ1v) is 8.56. The Morgan fingerprint density at radius 1 is 0.950 bits per heavy atom. The molecule has 1 aromatic rings. The standard InChI is InChI=1S/C17H26ClNS/c1-2-3-4-5-6-7-8-12-15-19(17(18)20)16-13-10-9-11-14-16/h9-11,13-14H,2-8,12,15H2,1H3. The van der Waals surface area contributed by atoms with Crippen LogP contribution in [0.3, 0.4) is 0 Å². The third-order valence-electron chi connectivity index (χ3n) is 3.52. The lowest BCUT2D eigenvalue weighted by Crippen LogP contribution is -2.26. The predicted molar refractivity (Wildman–Crippen MR) is 94.8 cm³/mol. The number of anilines is 1. The van der Waals surface area contributed by atoms with E-state index in [1.807, 2.05) is 23.1 Å². The molecule has 0 aromatic heterocycles. The van der Waals surface area contributed by atoms with Crippen LogP contribution < -0.4 is 4.90 Å². The Balaban J connectivity index is 2.19. The quantitative estimate of drug-likeness (QED) is 0.220. The van der Waals surface area contributed by atoms with Crippen LogP contribution in [-0.2, 0) is 0 Å². The van der Waals surface area contributed by atoms with E-state index in [0.717, 1.165) is 18.7 Å². The largest absolute Gasteiger partial charge is 0.323 e. The molecule has 1 nitrogen and oxygen atoms in total. The van der Waals surface area contributed by atoms with Crippen molar-refractivity contribution in [3.63, 3.8) is 0 Å². The number of para-hydroxylation sites is 1. The van der Waals surface area contributed by atoms with Gasteiger partial charge in [-0.25, -0.2) is 0 Å². The van der Waals surface area contributed by atoms with E-state index in [1.54, 1.807) is 0 Å². The van der Waals surface area contributed by atoms with Gasteiger partial charge in [-0.15, -0.1) is 0 Å². The summed E-state index contributed by atoms with van der Waals surface area (Å²) >= 11 is 11.2. The van der Waals surface area contributed by atoms with Crippen LogP contribution in [0.25, 0.3) is 0 Å². The summed E-state index contributed by atoms with van der Waals surface area (Å²) in [4.78, 5) is 2.02. The minimum atomic E-state index is 0.444. The Morgan fingerprint density at radius 3 is 2.05 bits per heavy atom. The second-order valence-corrected chi connectivity index (χ2v) is 6.18. The van der Waals surface area contributed by atoms with E-state index in [2.05, 4.69) is 19.1 Å². The number of nitrogens with zero attached hydrogens (tertiary/aromatic N) is 1. The molecule has 0 aliphatic carbocycles. The molecule has 0 aliphatic rings. The van der Waals surface area contributed by atoms with Crippen LogP contribution in [0.1, 0.15) is 58.3 Å². The first kappa shape index (κ1) is 17.5. The molecule has 0 N–H and O–H groups in total. The molecule has 112 valence electrons. The first-order chi connectivity index (χ1) is 9.75. The van der Waals surface area contributed by atoms with Gasteiger partial charge in [0, 0.05) is 12.2 Å². The van der Waals surface area contributed by atoms with Crippen molar-refractivity contribution in [3.05, 3.63) is 30.3 Å². The number of unbranched alkanes of at least 4 members (excludes halogenated alkanes) is 7. The minimum absolute atomic E-state index is 0.444. The van der Waals surface area contributed by atoms with E-state index in [0.29, 0.717) is 4.45 Å². The molecule has 0 atom stereocenters. The van der Waals surface area contributed by atoms with E-state index >= 15 is 0 Å². The molecule has 1 rings (SSSR count). The smallest absolute Gasteiger partial charge is 0.174 e. The zero-order chi connectivity index (χ0) is 14.6. The summed E-state index contributed by atoms with van der Waals surface area (Å²) in [7, 11) is 0. The van der Waals surface area contributed by atoms with Crippen molar-refractivity contribution in [1.29, 1.82) is 0 Å². The van der Waals surface area contributed by atoms with Crippen molar-refractivity contribution in [2.45, 2.75) is 58.3 Å². The lowest BCUT2D eigenvalue weighted by molar-refractivity contribution is 0.578. The van der Waals surface area contributed by atoms with Crippen LogP contribution in [0.5, 0.6) is 0 Å². The normalized spacial score (nSPS) is 10.5. The maximum atomic E-state index is 6.03. The van der Waals surface area contributed by atoms with Gasteiger partial charge < -0.3 is 4.90 Å². The summed E-state index contributed by atoms with van der Waals surface area (Å²) in [6.07, 6.45) is 10.5. The average molecular weight is 312 g/mol. The van der Waals surface area contributed by atoms with Crippen LogP contribution in [0.4, 0.5) is 5.69 Å². The summed E-state index contributed by atoms with van der Waals surface area (Å²) in [5, 5.41) is 0. The molecular weight excluding hydrogens is 286 g/mol. The molecule has 3 heteroatoms. The van der Waals surface area contributed by atoms with Crippen LogP contribution in [0, 0.1) is 0 Å². The van der Waals surface area contributed by atoms with Crippen molar-refractivity contribution in [3.8, 4) is 0 Å². The van der Waals surface area contributed by atoms with E-state index in [9.17, 15) is 0 Å². The Hall–Kier alpha value is -0.600. The summed E-state index contributed by atoms with van der Waals surface area (Å²) in [6.45, 7) is 3.18. The van der Waals surface area contributed by atoms with Gasteiger partial charge in [0.2, 0.25) is 0 Å². The Kier molecular flexibility index (Phi) is 9.69. The van der Waals surface area contributed by atoms with E-state index < -0.39 is 0 Å². The van der Waals surface area contributed by atoms with Gasteiger partial charge in [-0.2, -0.15) is 0 Å². The van der Waals surface area contributed by atoms with Crippen LogP contribution in [-0.4, -0.2) is 11.0 Å². The number of benzene rings is 1. The van der Waals surface area contributed by atoms with E-state index in [-0.39, 0.29) is 0 Å². The highest BCUT2D eigenvalue weighted by Gasteiger charge is 2.08. The van der Waals surface area contributed by atoms with Gasteiger partial charge in [-0.05, 0) is 30.8 Å². The van der Waals surface area contributed by atoms with Crippen molar-refractivity contribution >= 4 is 34.0 Å². The SMILES string of the molecule is CCCCCCCCCCN(C(=S)Cl)c1ccccc1. The van der Waals surface area contributed by atoms with Crippen LogP contribution in [0.15, 0.2) is 30.3 Å². The fraction of sp³-hybridized carbons (Fsp3) is 0.588. The maximum absolute atomic E-state index is 6.03. The van der Waals surface area contributed by atoms with E-state index in [1.165, 1.54) is 44.9 Å². The predicted octanol–water partition coefficient (Wildman–Crippen LogP) is 6.16. The third-order valence-corrected chi connectivity index (χ3v) is 3.94. The Morgan fingerprint density at radius 2 is 1.50 bits per heavy atom. The highest BCUT2D eigenvalue weighted by Crippen LogP contribution is 2.17. The zero-order valence-corrected chi connectivity index (χ0v) is 14.1. The Labute approximate surface area is 134 Å². The minimum Gasteiger partial charge on any atom is -0.323 e. The van der Waals surface area contributed by atoms with E-state index in [4.69, 9.17) is 23.8 Å². The lowest BCUT2D eigenvalue weighted by atomic mass is 10.1. The zero-order valence-electron chi connectivity index (χ0n) is 12.5. The second-order valence-electron chi connectivity index (χ2n) is 5.22. The van der Waals surface area contributed by atoms with Gasteiger partial charge in [0.05, 0.1) is 0 Å². The molecule has 0 unspecified atom stereocenters. The van der Waals surface area contributed by atoms with Crippen molar-refractivity contribution in [2.24, 2.45) is 0 Å². The number of hydrogen-bond donors (Lipinski definition) is 0. The molecule has 0 amide bonds. The molecule has 0 saturated carbocycles. The topological polar surface area (TPSA) is 3.24 Å². The summed E-state index contributed by atoms with van der Waals surface area (Å²) in [5.41, 5.74) is 1.09. The molecule has 0 heterocycles. The van der Waals surface area contributed by atoms with Gasteiger partial charge >= 0.3 is 0 Å². The number of hydrogen-bond acceptors (Lipinski definition) is 1. The van der Waals surface area contributed by atoms with Crippen molar-refractivity contribution < 1.29 is 0 Å². The molecule has 0 radical (unpaired) electrons. The lowest BCUT2D eigenvalue weighted by Gasteiger charge is -2.21. The molecule has 0 bridgehead atoms. The summed E-state index contributed by atoms with van der Waals surface area (Å²) in [6, 6.07) is 10.2. The number of thiocarbonyl (C=S) groups is 1. The van der Waals surface area contributed by atoms with Crippen molar-refractivity contribution in [2.75, 3.05) is 11.4 Å². The highest BCUT2D eigenvalue weighted by molar-refractivity contribution is 7.83. The van der Waals surface area contributed by atoms with Crippen LogP contribution in [0.2, 0.25) is 0 Å². The third kappa shape index (κ3) is 7.25. The fourth-order valence-corrected chi connectivity index (χ4v) is 2.71.